The smallest absolute Gasteiger partial charge is 0.224 e. The molecule has 114 valence electrons. The molecule has 1 aliphatic carbocycles. The number of hydrogen-bond donors (Lipinski definition) is 1. The summed E-state index contributed by atoms with van der Waals surface area (Å²) in [5, 5.41) is 3.63. The Hall–Kier alpha value is -1.80. The van der Waals surface area contributed by atoms with Crippen molar-refractivity contribution in [3.63, 3.8) is 0 Å². The van der Waals surface area contributed by atoms with E-state index in [0.29, 0.717) is 23.3 Å². The molecule has 2 aromatic rings. The topological polar surface area (TPSA) is 29.1 Å². The maximum atomic E-state index is 12.2. The van der Waals surface area contributed by atoms with Gasteiger partial charge in [0.15, 0.2) is 0 Å². The van der Waals surface area contributed by atoms with Crippen molar-refractivity contribution in [1.29, 1.82) is 0 Å². The van der Waals surface area contributed by atoms with E-state index >= 15 is 0 Å². The van der Waals surface area contributed by atoms with Gasteiger partial charge in [-0.1, -0.05) is 41.9 Å². The molecule has 1 amide bonds. The highest BCUT2D eigenvalue weighted by molar-refractivity contribution is 6.30. The highest BCUT2D eigenvalue weighted by Gasteiger charge is 2.27. The summed E-state index contributed by atoms with van der Waals surface area (Å²) >= 11 is 5.85. The van der Waals surface area contributed by atoms with Gasteiger partial charge in [0.1, 0.15) is 0 Å². The quantitative estimate of drug-likeness (QED) is 0.820. The lowest BCUT2D eigenvalue weighted by Crippen LogP contribution is -2.15. The van der Waals surface area contributed by atoms with Crippen LogP contribution in [0, 0.1) is 5.92 Å². The van der Waals surface area contributed by atoms with E-state index in [-0.39, 0.29) is 5.91 Å². The van der Waals surface area contributed by atoms with Gasteiger partial charge in [-0.25, -0.2) is 0 Å². The summed E-state index contributed by atoms with van der Waals surface area (Å²) in [6, 6.07) is 17.9. The van der Waals surface area contributed by atoms with Crippen LogP contribution in [-0.4, -0.2) is 5.91 Å². The largest absolute Gasteiger partial charge is 0.326 e. The Morgan fingerprint density at radius 1 is 1.05 bits per heavy atom. The first-order chi connectivity index (χ1) is 10.7. The van der Waals surface area contributed by atoms with E-state index in [0.717, 1.165) is 18.5 Å². The summed E-state index contributed by atoms with van der Waals surface area (Å²) in [6.07, 6.45) is 4.03. The molecule has 0 radical (unpaired) electrons. The lowest BCUT2D eigenvalue weighted by Gasteiger charge is -2.12. The zero-order valence-electron chi connectivity index (χ0n) is 12.5. The fourth-order valence-corrected chi connectivity index (χ4v) is 3.42. The maximum Gasteiger partial charge on any atom is 0.224 e. The Labute approximate surface area is 136 Å². The van der Waals surface area contributed by atoms with Crippen molar-refractivity contribution < 1.29 is 4.79 Å². The number of halogens is 1. The number of benzene rings is 2. The Morgan fingerprint density at radius 2 is 1.77 bits per heavy atom. The minimum Gasteiger partial charge on any atom is -0.326 e. The minimum absolute atomic E-state index is 0.0982. The van der Waals surface area contributed by atoms with Crippen molar-refractivity contribution in [2.24, 2.45) is 5.92 Å². The van der Waals surface area contributed by atoms with Crippen molar-refractivity contribution in [3.05, 3.63) is 65.2 Å². The Morgan fingerprint density at radius 3 is 2.50 bits per heavy atom. The van der Waals surface area contributed by atoms with Crippen molar-refractivity contribution in [2.45, 2.75) is 31.6 Å². The number of nitrogens with one attached hydrogen (secondary N) is 1. The molecule has 0 unspecified atom stereocenters. The molecule has 0 spiro atoms. The second-order valence-electron chi connectivity index (χ2n) is 6.05. The molecule has 2 atom stereocenters. The summed E-state index contributed by atoms with van der Waals surface area (Å²) in [5.41, 5.74) is 2.22. The number of amides is 1. The molecule has 0 bridgehead atoms. The van der Waals surface area contributed by atoms with E-state index in [1.165, 1.54) is 12.0 Å². The predicted molar refractivity (Wildman–Crippen MR) is 91.2 cm³/mol. The lowest BCUT2D eigenvalue weighted by atomic mass is 9.95. The van der Waals surface area contributed by atoms with Gasteiger partial charge in [-0.3, -0.25) is 4.79 Å². The number of carbonyl (C=O) groups excluding carboxylic acids is 1. The summed E-state index contributed by atoms with van der Waals surface area (Å²) in [7, 11) is 0. The highest BCUT2D eigenvalue weighted by Crippen LogP contribution is 2.39. The van der Waals surface area contributed by atoms with Gasteiger partial charge in [0, 0.05) is 17.1 Å². The maximum absolute atomic E-state index is 12.2. The number of carbonyl (C=O) groups is 1. The Kier molecular flexibility index (Phi) is 4.79. The van der Waals surface area contributed by atoms with Gasteiger partial charge in [0.25, 0.3) is 0 Å². The number of hydrogen-bond acceptors (Lipinski definition) is 1. The molecule has 2 aromatic carbocycles. The molecule has 22 heavy (non-hydrogen) atoms. The van der Waals surface area contributed by atoms with Gasteiger partial charge in [-0.2, -0.15) is 0 Å². The van der Waals surface area contributed by atoms with E-state index in [2.05, 4.69) is 35.6 Å². The molecule has 1 N–H and O–H groups in total. The molecule has 3 heteroatoms. The van der Waals surface area contributed by atoms with Crippen LogP contribution in [0.2, 0.25) is 5.02 Å². The third-order valence-electron chi connectivity index (χ3n) is 4.41. The first-order valence-electron chi connectivity index (χ1n) is 7.81. The first kappa shape index (κ1) is 15.1. The van der Waals surface area contributed by atoms with Crippen LogP contribution in [0.25, 0.3) is 0 Å². The monoisotopic (exact) mass is 313 g/mol. The highest BCUT2D eigenvalue weighted by atomic mass is 35.5. The van der Waals surface area contributed by atoms with Crippen LogP contribution in [0.1, 0.15) is 37.2 Å². The van der Waals surface area contributed by atoms with Crippen LogP contribution in [0.4, 0.5) is 5.69 Å². The van der Waals surface area contributed by atoms with Crippen LogP contribution in [0.5, 0.6) is 0 Å². The third kappa shape index (κ3) is 3.89. The molecule has 0 heterocycles. The predicted octanol–water partition coefficient (Wildman–Crippen LogP) is 5.25. The summed E-state index contributed by atoms with van der Waals surface area (Å²) < 4.78 is 0. The number of rotatable bonds is 4. The minimum atomic E-state index is 0.0982. The van der Waals surface area contributed by atoms with E-state index in [1.54, 1.807) is 12.1 Å². The van der Waals surface area contributed by atoms with Gasteiger partial charge >= 0.3 is 0 Å². The fraction of sp³-hybridized carbons (Fsp3) is 0.316. The lowest BCUT2D eigenvalue weighted by molar-refractivity contribution is -0.117. The van der Waals surface area contributed by atoms with Crippen LogP contribution in [0.3, 0.4) is 0 Å². The molecule has 0 aliphatic heterocycles. The zero-order chi connectivity index (χ0) is 15.4. The first-order valence-corrected chi connectivity index (χ1v) is 8.19. The average Bonchev–Trinajstić information content (AvgIpc) is 2.99. The van der Waals surface area contributed by atoms with Gasteiger partial charge in [0.2, 0.25) is 5.91 Å². The summed E-state index contributed by atoms with van der Waals surface area (Å²) in [6.45, 7) is 0. The summed E-state index contributed by atoms with van der Waals surface area (Å²) in [4.78, 5) is 12.2. The molecule has 1 saturated carbocycles. The number of anilines is 1. The second-order valence-corrected chi connectivity index (χ2v) is 6.48. The van der Waals surface area contributed by atoms with Crippen molar-refractivity contribution in [1.82, 2.24) is 0 Å². The molecule has 0 aromatic heterocycles. The van der Waals surface area contributed by atoms with Gasteiger partial charge < -0.3 is 5.32 Å². The van der Waals surface area contributed by atoms with E-state index in [4.69, 9.17) is 11.6 Å². The molecule has 1 aliphatic rings. The molecule has 0 saturated heterocycles. The third-order valence-corrected chi connectivity index (χ3v) is 4.67. The Bertz CT molecular complexity index is 624. The van der Waals surface area contributed by atoms with E-state index in [9.17, 15) is 4.79 Å². The van der Waals surface area contributed by atoms with Crippen LogP contribution < -0.4 is 5.32 Å². The van der Waals surface area contributed by atoms with Crippen LogP contribution in [-0.2, 0) is 4.79 Å². The van der Waals surface area contributed by atoms with Crippen LogP contribution >= 0.6 is 11.6 Å². The second kappa shape index (κ2) is 6.97. The van der Waals surface area contributed by atoms with E-state index < -0.39 is 0 Å². The van der Waals surface area contributed by atoms with E-state index in [1.807, 2.05) is 12.1 Å². The Balaban J connectivity index is 1.51. The summed E-state index contributed by atoms with van der Waals surface area (Å²) in [5.74, 6) is 1.19. The van der Waals surface area contributed by atoms with Crippen molar-refractivity contribution in [3.8, 4) is 0 Å². The molecule has 1 fully saturated rings. The molecular formula is C19H20ClNO. The van der Waals surface area contributed by atoms with Crippen molar-refractivity contribution >= 4 is 23.2 Å². The average molecular weight is 314 g/mol. The van der Waals surface area contributed by atoms with Crippen LogP contribution in [0.15, 0.2) is 54.6 Å². The normalized spacial score (nSPS) is 20.8. The molecule has 3 rings (SSSR count). The fourth-order valence-electron chi connectivity index (χ4n) is 3.30. The van der Waals surface area contributed by atoms with Gasteiger partial charge in [-0.05, 0) is 60.9 Å². The van der Waals surface area contributed by atoms with Gasteiger partial charge in [0.05, 0.1) is 0 Å². The standard InChI is InChI=1S/C19H20ClNO/c20-17-8-10-18(11-9-17)21-19(22)13-14-6-7-16(12-14)15-4-2-1-3-5-15/h1-5,8-11,14,16H,6-7,12-13H2,(H,21,22)/t14-,16+/m0/s1. The van der Waals surface area contributed by atoms with Crippen molar-refractivity contribution in [2.75, 3.05) is 5.32 Å². The zero-order valence-corrected chi connectivity index (χ0v) is 13.2. The molecule has 2 nitrogen and oxygen atoms in total. The molecular weight excluding hydrogens is 294 g/mol. The van der Waals surface area contributed by atoms with Gasteiger partial charge in [-0.15, -0.1) is 0 Å². The SMILES string of the molecule is O=C(C[C@H]1CC[C@@H](c2ccccc2)C1)Nc1ccc(Cl)cc1.